The second kappa shape index (κ2) is 6.64. The molecule has 1 saturated heterocycles. The summed E-state index contributed by atoms with van der Waals surface area (Å²) >= 11 is 0. The number of nitrogens with zero attached hydrogens (tertiary/aromatic N) is 3. The maximum atomic E-state index is 12.8. The molecular formula is C16H16F3N3O2S. The summed E-state index contributed by atoms with van der Waals surface area (Å²) in [7, 11) is -3.96. The first-order valence-corrected chi connectivity index (χ1v) is 9.05. The van der Waals surface area contributed by atoms with Crippen molar-refractivity contribution in [1.29, 1.82) is 0 Å². The lowest BCUT2D eigenvalue weighted by Crippen LogP contribution is -2.48. The quantitative estimate of drug-likeness (QED) is 0.832. The molecule has 1 aromatic heterocycles. The largest absolute Gasteiger partial charge is 0.416 e. The van der Waals surface area contributed by atoms with Gasteiger partial charge in [-0.3, -0.25) is 4.98 Å². The number of benzene rings is 1. The molecule has 3 rings (SSSR count). The zero-order chi connectivity index (χ0) is 18.1. The van der Waals surface area contributed by atoms with Crippen molar-refractivity contribution in [3.8, 4) is 0 Å². The van der Waals surface area contributed by atoms with Crippen molar-refractivity contribution in [3.63, 3.8) is 0 Å². The van der Waals surface area contributed by atoms with Crippen LogP contribution in [-0.4, -0.2) is 43.9 Å². The first kappa shape index (κ1) is 17.7. The van der Waals surface area contributed by atoms with Gasteiger partial charge < -0.3 is 4.90 Å². The van der Waals surface area contributed by atoms with E-state index in [1.807, 2.05) is 17.0 Å². The number of sulfonamides is 1. The molecule has 0 radical (unpaired) electrons. The van der Waals surface area contributed by atoms with Crippen LogP contribution in [-0.2, 0) is 16.2 Å². The molecule has 25 heavy (non-hydrogen) atoms. The van der Waals surface area contributed by atoms with Gasteiger partial charge in [0.05, 0.1) is 10.5 Å². The summed E-state index contributed by atoms with van der Waals surface area (Å²) in [4.78, 5) is 5.62. The highest BCUT2D eigenvalue weighted by atomic mass is 32.2. The normalized spacial score (nSPS) is 16.8. The number of piperazine rings is 1. The minimum atomic E-state index is -4.58. The van der Waals surface area contributed by atoms with Gasteiger partial charge in [0, 0.05) is 44.3 Å². The molecule has 1 aliphatic rings. The van der Waals surface area contributed by atoms with Gasteiger partial charge in [0.15, 0.2) is 0 Å². The maximum Gasteiger partial charge on any atom is 0.416 e. The first-order valence-electron chi connectivity index (χ1n) is 7.61. The van der Waals surface area contributed by atoms with Gasteiger partial charge in [0.25, 0.3) is 0 Å². The van der Waals surface area contributed by atoms with E-state index in [0.717, 1.165) is 17.8 Å². The Morgan fingerprint density at radius 2 is 1.60 bits per heavy atom. The number of aromatic nitrogens is 1. The van der Waals surface area contributed by atoms with Crippen LogP contribution in [0.4, 0.5) is 18.9 Å². The third-order valence-electron chi connectivity index (χ3n) is 4.07. The standard InChI is InChI=1S/C16H16F3N3O2S/c17-16(18,19)13-2-1-3-15(12-13)25(23,24)22-10-8-21(9-11-22)14-4-6-20-7-5-14/h1-7,12H,8-11H2. The van der Waals surface area contributed by atoms with Crippen molar-refractivity contribution in [1.82, 2.24) is 9.29 Å². The maximum absolute atomic E-state index is 12.8. The fourth-order valence-corrected chi connectivity index (χ4v) is 4.19. The van der Waals surface area contributed by atoms with E-state index in [-0.39, 0.29) is 18.0 Å². The van der Waals surface area contributed by atoms with Gasteiger partial charge in [-0.25, -0.2) is 8.42 Å². The number of alkyl halides is 3. The summed E-state index contributed by atoms with van der Waals surface area (Å²) in [5.41, 5.74) is -0.0323. The molecule has 1 aliphatic heterocycles. The lowest BCUT2D eigenvalue weighted by Gasteiger charge is -2.35. The summed E-state index contributed by atoms with van der Waals surface area (Å²) in [6.45, 7) is 1.34. The number of hydrogen-bond donors (Lipinski definition) is 0. The van der Waals surface area contributed by atoms with Gasteiger partial charge >= 0.3 is 6.18 Å². The van der Waals surface area contributed by atoms with E-state index < -0.39 is 21.8 Å². The van der Waals surface area contributed by atoms with Crippen LogP contribution in [0.2, 0.25) is 0 Å². The van der Waals surface area contributed by atoms with Crippen LogP contribution in [0.15, 0.2) is 53.7 Å². The van der Waals surface area contributed by atoms with E-state index in [0.29, 0.717) is 19.2 Å². The van der Waals surface area contributed by atoms with E-state index in [1.54, 1.807) is 12.4 Å². The van der Waals surface area contributed by atoms with Gasteiger partial charge in [-0.15, -0.1) is 0 Å². The SMILES string of the molecule is O=S(=O)(c1cccc(C(F)(F)F)c1)N1CCN(c2ccncc2)CC1. The third-order valence-corrected chi connectivity index (χ3v) is 5.96. The lowest BCUT2D eigenvalue weighted by atomic mass is 10.2. The Labute approximate surface area is 143 Å². The van der Waals surface area contributed by atoms with Crippen molar-refractivity contribution in [2.24, 2.45) is 0 Å². The molecule has 134 valence electrons. The zero-order valence-electron chi connectivity index (χ0n) is 13.1. The third kappa shape index (κ3) is 3.77. The highest BCUT2D eigenvalue weighted by Gasteiger charge is 2.34. The summed E-state index contributed by atoms with van der Waals surface area (Å²) in [6, 6.07) is 7.52. The summed E-state index contributed by atoms with van der Waals surface area (Å²) in [5, 5.41) is 0. The van der Waals surface area contributed by atoms with Crippen molar-refractivity contribution in [2.75, 3.05) is 31.1 Å². The van der Waals surface area contributed by atoms with Crippen LogP contribution in [0, 0.1) is 0 Å². The predicted molar refractivity (Wildman–Crippen MR) is 86.7 cm³/mol. The molecule has 9 heteroatoms. The molecule has 0 saturated carbocycles. The van der Waals surface area contributed by atoms with Gasteiger partial charge in [0.2, 0.25) is 10.0 Å². The molecule has 0 bridgehead atoms. The van der Waals surface area contributed by atoms with Gasteiger partial charge in [0.1, 0.15) is 0 Å². The lowest BCUT2D eigenvalue weighted by molar-refractivity contribution is -0.137. The van der Waals surface area contributed by atoms with Crippen LogP contribution in [0.3, 0.4) is 0 Å². The smallest absolute Gasteiger partial charge is 0.369 e. The molecule has 1 aromatic carbocycles. The fourth-order valence-electron chi connectivity index (χ4n) is 2.72. The van der Waals surface area contributed by atoms with Crippen molar-refractivity contribution in [3.05, 3.63) is 54.4 Å². The topological polar surface area (TPSA) is 53.5 Å². The second-order valence-electron chi connectivity index (χ2n) is 5.62. The Bertz CT molecular complexity index is 833. The minimum absolute atomic E-state index is 0.209. The van der Waals surface area contributed by atoms with Gasteiger partial charge in [-0.1, -0.05) is 6.07 Å². The van der Waals surface area contributed by atoms with Gasteiger partial charge in [-0.05, 0) is 30.3 Å². The second-order valence-corrected chi connectivity index (χ2v) is 7.56. The van der Waals surface area contributed by atoms with E-state index in [1.165, 1.54) is 10.4 Å². The van der Waals surface area contributed by atoms with Crippen molar-refractivity contribution >= 4 is 15.7 Å². The Morgan fingerprint density at radius 1 is 0.960 bits per heavy atom. The molecule has 0 atom stereocenters. The predicted octanol–water partition coefficient (Wildman–Crippen LogP) is 2.61. The Hall–Kier alpha value is -2.13. The molecule has 0 amide bonds. The molecule has 5 nitrogen and oxygen atoms in total. The van der Waals surface area contributed by atoms with Crippen molar-refractivity contribution in [2.45, 2.75) is 11.1 Å². The Balaban J connectivity index is 1.76. The number of halogens is 3. The van der Waals surface area contributed by atoms with E-state index in [4.69, 9.17) is 0 Å². The molecule has 0 spiro atoms. The summed E-state index contributed by atoms with van der Waals surface area (Å²) < 4.78 is 65.0. The molecular weight excluding hydrogens is 355 g/mol. The monoisotopic (exact) mass is 371 g/mol. The minimum Gasteiger partial charge on any atom is -0.369 e. The zero-order valence-corrected chi connectivity index (χ0v) is 14.0. The van der Waals surface area contributed by atoms with E-state index >= 15 is 0 Å². The summed E-state index contributed by atoms with van der Waals surface area (Å²) in [5.74, 6) is 0. The Morgan fingerprint density at radius 3 is 2.20 bits per heavy atom. The van der Waals surface area contributed by atoms with Crippen LogP contribution in [0.5, 0.6) is 0 Å². The molecule has 0 N–H and O–H groups in total. The molecule has 2 heterocycles. The number of anilines is 1. The molecule has 0 aliphatic carbocycles. The molecule has 1 fully saturated rings. The van der Waals surface area contributed by atoms with Crippen molar-refractivity contribution < 1.29 is 21.6 Å². The number of pyridine rings is 1. The Kier molecular flexibility index (Phi) is 4.70. The summed E-state index contributed by atoms with van der Waals surface area (Å²) in [6.07, 6.45) is -1.27. The van der Waals surface area contributed by atoms with Gasteiger partial charge in [-0.2, -0.15) is 17.5 Å². The van der Waals surface area contributed by atoms with Crippen LogP contribution in [0.1, 0.15) is 5.56 Å². The van der Waals surface area contributed by atoms with E-state index in [9.17, 15) is 21.6 Å². The van der Waals surface area contributed by atoms with Crippen LogP contribution < -0.4 is 4.90 Å². The highest BCUT2D eigenvalue weighted by Crippen LogP contribution is 2.31. The average molecular weight is 371 g/mol. The first-order chi connectivity index (χ1) is 11.8. The van der Waals surface area contributed by atoms with E-state index in [2.05, 4.69) is 4.98 Å². The number of rotatable bonds is 3. The number of hydrogen-bond acceptors (Lipinski definition) is 4. The average Bonchev–Trinajstić information content (AvgIpc) is 2.62. The highest BCUT2D eigenvalue weighted by molar-refractivity contribution is 7.89. The fraction of sp³-hybridized carbons (Fsp3) is 0.312. The molecule has 2 aromatic rings. The van der Waals surface area contributed by atoms with Crippen LogP contribution in [0.25, 0.3) is 0 Å². The molecule has 0 unspecified atom stereocenters. The van der Waals surface area contributed by atoms with Crippen LogP contribution >= 0.6 is 0 Å².